The van der Waals surface area contributed by atoms with Crippen molar-refractivity contribution in [1.29, 1.82) is 0 Å². The van der Waals surface area contributed by atoms with Crippen LogP contribution in [0.1, 0.15) is 28.6 Å². The average Bonchev–Trinajstić information content (AvgIpc) is 2.98. The molecule has 0 aliphatic rings. The second-order valence-corrected chi connectivity index (χ2v) is 5.55. The SMILES string of the molecule is CCc1ccccc1NC(=O)c1cc(-c2ccc(F)cc2)oc1C. The van der Waals surface area contributed by atoms with Gasteiger partial charge in [0.05, 0.1) is 5.56 Å². The highest BCUT2D eigenvalue weighted by Gasteiger charge is 2.17. The molecule has 1 amide bonds. The van der Waals surface area contributed by atoms with Crippen molar-refractivity contribution in [2.45, 2.75) is 20.3 Å². The predicted molar refractivity (Wildman–Crippen MR) is 92.6 cm³/mol. The Bertz CT molecular complexity index is 866. The summed E-state index contributed by atoms with van der Waals surface area (Å²) < 4.78 is 18.7. The number of rotatable bonds is 4. The largest absolute Gasteiger partial charge is 0.461 e. The number of carbonyl (C=O) groups excluding carboxylic acids is 1. The second-order valence-electron chi connectivity index (χ2n) is 5.55. The van der Waals surface area contributed by atoms with Gasteiger partial charge in [0.2, 0.25) is 0 Å². The highest BCUT2D eigenvalue weighted by molar-refractivity contribution is 6.06. The molecular weight excluding hydrogens is 305 g/mol. The number of para-hydroxylation sites is 1. The maximum Gasteiger partial charge on any atom is 0.259 e. The van der Waals surface area contributed by atoms with E-state index in [-0.39, 0.29) is 11.7 Å². The molecule has 3 rings (SSSR count). The molecule has 4 heteroatoms. The van der Waals surface area contributed by atoms with Gasteiger partial charge in [-0.2, -0.15) is 0 Å². The number of nitrogens with one attached hydrogen (secondary N) is 1. The third-order valence-corrected chi connectivity index (χ3v) is 3.94. The van der Waals surface area contributed by atoms with Crippen molar-refractivity contribution in [3.05, 3.63) is 77.3 Å². The Morgan fingerprint density at radius 2 is 1.83 bits per heavy atom. The molecule has 1 aromatic heterocycles. The summed E-state index contributed by atoms with van der Waals surface area (Å²) in [4.78, 5) is 12.6. The van der Waals surface area contributed by atoms with Crippen LogP contribution in [0.25, 0.3) is 11.3 Å². The van der Waals surface area contributed by atoms with Crippen molar-refractivity contribution in [2.75, 3.05) is 5.32 Å². The predicted octanol–water partition coefficient (Wildman–Crippen LogP) is 5.21. The summed E-state index contributed by atoms with van der Waals surface area (Å²) in [6, 6.07) is 15.4. The molecule has 24 heavy (non-hydrogen) atoms. The summed E-state index contributed by atoms with van der Waals surface area (Å²) >= 11 is 0. The molecule has 0 bridgehead atoms. The lowest BCUT2D eigenvalue weighted by Gasteiger charge is -2.08. The van der Waals surface area contributed by atoms with Crippen molar-refractivity contribution in [3.63, 3.8) is 0 Å². The van der Waals surface area contributed by atoms with Crippen LogP contribution in [0, 0.1) is 12.7 Å². The van der Waals surface area contributed by atoms with Crippen LogP contribution in [0.5, 0.6) is 0 Å². The Morgan fingerprint density at radius 1 is 1.12 bits per heavy atom. The lowest BCUT2D eigenvalue weighted by atomic mass is 10.1. The third-order valence-electron chi connectivity index (χ3n) is 3.94. The molecule has 0 saturated heterocycles. The molecule has 0 spiro atoms. The van der Waals surface area contributed by atoms with Crippen molar-refractivity contribution < 1.29 is 13.6 Å². The summed E-state index contributed by atoms with van der Waals surface area (Å²) in [5.74, 6) is 0.545. The Morgan fingerprint density at radius 3 is 2.54 bits per heavy atom. The maximum atomic E-state index is 13.0. The Balaban J connectivity index is 1.87. The minimum atomic E-state index is -0.309. The first kappa shape index (κ1) is 16.0. The molecule has 0 aliphatic carbocycles. The zero-order valence-electron chi connectivity index (χ0n) is 13.6. The fraction of sp³-hybridized carbons (Fsp3) is 0.150. The molecule has 122 valence electrons. The van der Waals surface area contributed by atoms with Gasteiger partial charge in [-0.15, -0.1) is 0 Å². The van der Waals surface area contributed by atoms with Crippen LogP contribution in [-0.2, 0) is 6.42 Å². The van der Waals surface area contributed by atoms with Gasteiger partial charge in [-0.3, -0.25) is 4.79 Å². The zero-order chi connectivity index (χ0) is 17.1. The summed E-state index contributed by atoms with van der Waals surface area (Å²) in [6.07, 6.45) is 0.835. The standard InChI is InChI=1S/C20H18FNO2/c1-3-14-6-4-5-7-18(14)22-20(23)17-12-19(24-13(17)2)15-8-10-16(21)11-9-15/h4-12H,3H2,1-2H3,(H,22,23). The zero-order valence-corrected chi connectivity index (χ0v) is 13.6. The second kappa shape index (κ2) is 6.71. The van der Waals surface area contributed by atoms with Crippen LogP contribution >= 0.6 is 0 Å². The van der Waals surface area contributed by atoms with Gasteiger partial charge >= 0.3 is 0 Å². The van der Waals surface area contributed by atoms with Crippen molar-refractivity contribution in [1.82, 2.24) is 0 Å². The minimum absolute atomic E-state index is 0.217. The lowest BCUT2D eigenvalue weighted by molar-refractivity contribution is 0.102. The fourth-order valence-corrected chi connectivity index (χ4v) is 2.60. The first-order valence-corrected chi connectivity index (χ1v) is 7.84. The van der Waals surface area contributed by atoms with E-state index in [1.54, 1.807) is 25.1 Å². The van der Waals surface area contributed by atoms with E-state index in [0.717, 1.165) is 23.2 Å². The number of aryl methyl sites for hydroxylation is 2. The smallest absolute Gasteiger partial charge is 0.259 e. The maximum absolute atomic E-state index is 13.0. The van der Waals surface area contributed by atoms with Crippen LogP contribution in [0.15, 0.2) is 59.0 Å². The van der Waals surface area contributed by atoms with E-state index >= 15 is 0 Å². The molecule has 0 radical (unpaired) electrons. The first-order valence-electron chi connectivity index (χ1n) is 7.84. The van der Waals surface area contributed by atoms with E-state index in [1.807, 2.05) is 31.2 Å². The van der Waals surface area contributed by atoms with Gasteiger partial charge in [-0.1, -0.05) is 25.1 Å². The van der Waals surface area contributed by atoms with Crippen LogP contribution in [0.4, 0.5) is 10.1 Å². The summed E-state index contributed by atoms with van der Waals surface area (Å²) in [5, 5.41) is 2.93. The summed E-state index contributed by atoms with van der Waals surface area (Å²) in [7, 11) is 0. The molecule has 1 N–H and O–H groups in total. The van der Waals surface area contributed by atoms with E-state index < -0.39 is 0 Å². The van der Waals surface area contributed by atoms with Crippen molar-refractivity contribution in [2.24, 2.45) is 0 Å². The van der Waals surface area contributed by atoms with Gasteiger partial charge in [0.15, 0.2) is 0 Å². The number of benzene rings is 2. The number of carbonyl (C=O) groups is 1. The number of hydrogen-bond acceptors (Lipinski definition) is 2. The molecule has 0 saturated carbocycles. The number of amides is 1. The van der Waals surface area contributed by atoms with Crippen LogP contribution in [0.2, 0.25) is 0 Å². The van der Waals surface area contributed by atoms with Gasteiger partial charge in [0, 0.05) is 11.3 Å². The molecule has 0 atom stereocenters. The lowest BCUT2D eigenvalue weighted by Crippen LogP contribution is -2.13. The van der Waals surface area contributed by atoms with E-state index in [1.165, 1.54) is 12.1 Å². The Labute approximate surface area is 140 Å². The summed E-state index contributed by atoms with van der Waals surface area (Å²) in [5.41, 5.74) is 3.08. The topological polar surface area (TPSA) is 42.2 Å². The Kier molecular flexibility index (Phi) is 4.47. The monoisotopic (exact) mass is 323 g/mol. The van der Waals surface area contributed by atoms with Crippen molar-refractivity contribution in [3.8, 4) is 11.3 Å². The van der Waals surface area contributed by atoms with E-state index in [0.29, 0.717) is 17.1 Å². The average molecular weight is 323 g/mol. The fourth-order valence-electron chi connectivity index (χ4n) is 2.60. The molecule has 3 aromatic rings. The molecule has 0 fully saturated rings. The molecule has 0 unspecified atom stereocenters. The number of halogens is 1. The van der Waals surface area contributed by atoms with E-state index in [9.17, 15) is 9.18 Å². The quantitative estimate of drug-likeness (QED) is 0.716. The normalized spacial score (nSPS) is 10.6. The van der Waals surface area contributed by atoms with E-state index in [4.69, 9.17) is 4.42 Å². The molecular formula is C20H18FNO2. The summed E-state index contributed by atoms with van der Waals surface area (Å²) in [6.45, 7) is 3.79. The van der Waals surface area contributed by atoms with Crippen molar-refractivity contribution >= 4 is 11.6 Å². The number of hydrogen-bond donors (Lipinski definition) is 1. The van der Waals surface area contributed by atoms with Crippen LogP contribution in [0.3, 0.4) is 0 Å². The molecule has 2 aromatic carbocycles. The van der Waals surface area contributed by atoms with Gasteiger partial charge < -0.3 is 9.73 Å². The number of anilines is 1. The molecule has 1 heterocycles. The van der Waals surface area contributed by atoms with E-state index in [2.05, 4.69) is 5.32 Å². The third kappa shape index (κ3) is 3.23. The van der Waals surface area contributed by atoms with Gasteiger partial charge in [-0.05, 0) is 55.3 Å². The Hall–Kier alpha value is -2.88. The van der Waals surface area contributed by atoms with Gasteiger partial charge in [0.25, 0.3) is 5.91 Å². The minimum Gasteiger partial charge on any atom is -0.461 e. The number of furan rings is 1. The molecule has 0 aliphatic heterocycles. The molecule has 3 nitrogen and oxygen atoms in total. The highest BCUT2D eigenvalue weighted by Crippen LogP contribution is 2.26. The van der Waals surface area contributed by atoms with Gasteiger partial charge in [-0.25, -0.2) is 4.39 Å². The van der Waals surface area contributed by atoms with Gasteiger partial charge in [0.1, 0.15) is 17.3 Å². The van der Waals surface area contributed by atoms with Crippen LogP contribution < -0.4 is 5.32 Å². The highest BCUT2D eigenvalue weighted by atomic mass is 19.1. The van der Waals surface area contributed by atoms with Crippen LogP contribution in [-0.4, -0.2) is 5.91 Å². The first-order chi connectivity index (χ1) is 11.6.